The van der Waals surface area contributed by atoms with Crippen molar-refractivity contribution in [1.82, 2.24) is 10.2 Å². The van der Waals surface area contributed by atoms with Crippen LogP contribution in [0.1, 0.15) is 48.4 Å². The summed E-state index contributed by atoms with van der Waals surface area (Å²) in [6.45, 7) is 1.94. The summed E-state index contributed by atoms with van der Waals surface area (Å²) in [6, 6.07) is 21.8. The van der Waals surface area contributed by atoms with Crippen LogP contribution in [0.5, 0.6) is 11.5 Å². The average Bonchev–Trinajstić information content (AvgIpc) is 3.63. The van der Waals surface area contributed by atoms with Crippen molar-refractivity contribution in [3.05, 3.63) is 106 Å². The van der Waals surface area contributed by atoms with E-state index in [1.165, 1.54) is 25.6 Å². The zero-order valence-electron chi connectivity index (χ0n) is 25.4. The number of hydrogen-bond acceptors (Lipinski definition) is 8. The van der Waals surface area contributed by atoms with Crippen LogP contribution in [0.2, 0.25) is 0 Å². The lowest BCUT2D eigenvalue weighted by Crippen LogP contribution is -2.49. The molecule has 3 N–H and O–H groups in total. The van der Waals surface area contributed by atoms with E-state index in [1.807, 2.05) is 23.6 Å². The molecule has 1 unspecified atom stereocenters. The van der Waals surface area contributed by atoms with Gasteiger partial charge in [-0.3, -0.25) is 19.2 Å². The Hall–Kier alpha value is -5.36. The first-order valence-corrected chi connectivity index (χ1v) is 15.5. The van der Waals surface area contributed by atoms with Crippen LogP contribution in [-0.2, 0) is 4.79 Å². The van der Waals surface area contributed by atoms with Gasteiger partial charge in [-0.25, -0.2) is 0 Å². The van der Waals surface area contributed by atoms with E-state index in [0.717, 1.165) is 4.88 Å². The Morgan fingerprint density at radius 2 is 1.50 bits per heavy atom. The summed E-state index contributed by atoms with van der Waals surface area (Å²) in [5.41, 5.74) is 2.25. The number of benzene rings is 3. The van der Waals surface area contributed by atoms with Crippen molar-refractivity contribution in [1.29, 1.82) is 0 Å². The predicted octanol–water partition coefficient (Wildman–Crippen LogP) is 4.93. The second-order valence-corrected chi connectivity index (χ2v) is 11.5. The summed E-state index contributed by atoms with van der Waals surface area (Å²) in [5.74, 6) is -1.13. The number of hydrogen-bond donors (Lipinski definition) is 3. The first-order chi connectivity index (χ1) is 22.3. The molecule has 5 rings (SSSR count). The Morgan fingerprint density at radius 3 is 2.15 bits per heavy atom. The molecule has 1 saturated heterocycles. The molecule has 11 nitrogen and oxygen atoms in total. The topological polar surface area (TPSA) is 138 Å². The summed E-state index contributed by atoms with van der Waals surface area (Å²) in [7, 11) is 2.99. The number of ether oxygens (including phenoxy) is 2. The maximum absolute atomic E-state index is 13.5. The van der Waals surface area contributed by atoms with Crippen molar-refractivity contribution >= 4 is 46.4 Å². The highest BCUT2D eigenvalue weighted by atomic mass is 32.1. The number of thiophene rings is 1. The molecule has 0 aliphatic carbocycles. The van der Waals surface area contributed by atoms with E-state index in [2.05, 4.69) is 15.5 Å². The van der Waals surface area contributed by atoms with Crippen LogP contribution < -0.4 is 25.0 Å². The molecule has 0 saturated carbocycles. The molecule has 2 heterocycles. The van der Waals surface area contributed by atoms with E-state index in [4.69, 9.17) is 9.47 Å². The van der Waals surface area contributed by atoms with Crippen molar-refractivity contribution in [2.75, 3.05) is 50.6 Å². The highest BCUT2D eigenvalue weighted by Gasteiger charge is 2.26. The lowest BCUT2D eigenvalue weighted by molar-refractivity contribution is -0.137. The maximum atomic E-state index is 13.5. The third-order valence-electron chi connectivity index (χ3n) is 7.65. The number of amides is 3. The van der Waals surface area contributed by atoms with Crippen LogP contribution in [-0.4, -0.2) is 74.1 Å². The first kappa shape index (κ1) is 32.0. The number of carboxylic acids is 1. The van der Waals surface area contributed by atoms with Crippen molar-refractivity contribution in [3.63, 3.8) is 0 Å². The molecule has 3 aromatic carbocycles. The molecule has 1 fully saturated rings. The molecule has 0 bridgehead atoms. The van der Waals surface area contributed by atoms with Gasteiger partial charge in [-0.2, -0.15) is 0 Å². The van der Waals surface area contributed by atoms with E-state index < -0.39 is 23.8 Å². The van der Waals surface area contributed by atoms with Crippen molar-refractivity contribution < 1.29 is 33.8 Å². The van der Waals surface area contributed by atoms with E-state index in [-0.39, 0.29) is 17.9 Å². The molecule has 1 atom stereocenters. The van der Waals surface area contributed by atoms with E-state index in [9.17, 15) is 24.3 Å². The lowest BCUT2D eigenvalue weighted by Gasteiger charge is -2.37. The number of nitrogens with zero attached hydrogens (tertiary/aromatic N) is 2. The number of aliphatic carboxylic acids is 1. The highest BCUT2D eigenvalue weighted by molar-refractivity contribution is 7.10. The normalized spacial score (nSPS) is 13.4. The lowest BCUT2D eigenvalue weighted by atomic mass is 10.1. The van der Waals surface area contributed by atoms with Gasteiger partial charge in [0.2, 0.25) is 0 Å². The summed E-state index contributed by atoms with van der Waals surface area (Å²) < 4.78 is 10.7. The van der Waals surface area contributed by atoms with Gasteiger partial charge in [-0.1, -0.05) is 24.3 Å². The molecule has 3 amide bonds. The van der Waals surface area contributed by atoms with E-state index >= 15 is 0 Å². The van der Waals surface area contributed by atoms with Crippen LogP contribution >= 0.6 is 11.3 Å². The van der Waals surface area contributed by atoms with Crippen molar-refractivity contribution in [2.24, 2.45) is 0 Å². The number of methoxy groups -OCH3 is 2. The van der Waals surface area contributed by atoms with Gasteiger partial charge in [0.15, 0.2) is 11.5 Å². The fraction of sp³-hybridized carbons (Fsp3) is 0.235. The average molecular weight is 643 g/mol. The second kappa shape index (κ2) is 14.6. The SMILES string of the molecule is COc1ccc(C(=O)Nc2cc(C(=O)NC(CC(=O)O)c3cccs3)ccc2N2CCN(C(=O)c3ccccc3)CC2)cc1OC. The third-order valence-corrected chi connectivity index (χ3v) is 8.64. The summed E-state index contributed by atoms with van der Waals surface area (Å²) in [5, 5.41) is 17.0. The fourth-order valence-electron chi connectivity index (χ4n) is 5.27. The molecular formula is C34H34N4O7S. The fourth-order valence-corrected chi connectivity index (χ4v) is 6.05. The van der Waals surface area contributed by atoms with Gasteiger partial charge in [0.1, 0.15) is 0 Å². The zero-order chi connectivity index (χ0) is 32.6. The highest BCUT2D eigenvalue weighted by Crippen LogP contribution is 2.32. The summed E-state index contributed by atoms with van der Waals surface area (Å²) >= 11 is 1.36. The van der Waals surface area contributed by atoms with Crippen LogP contribution in [0, 0.1) is 0 Å². The van der Waals surface area contributed by atoms with Crippen LogP contribution in [0.3, 0.4) is 0 Å². The van der Waals surface area contributed by atoms with E-state index in [1.54, 1.807) is 65.6 Å². The van der Waals surface area contributed by atoms with Gasteiger partial charge in [0, 0.05) is 47.7 Å². The minimum Gasteiger partial charge on any atom is -0.493 e. The summed E-state index contributed by atoms with van der Waals surface area (Å²) in [4.78, 5) is 56.1. The third kappa shape index (κ3) is 7.46. The number of carbonyl (C=O) groups is 4. The van der Waals surface area contributed by atoms with Gasteiger partial charge in [-0.05, 0) is 60.0 Å². The number of piperazine rings is 1. The summed E-state index contributed by atoms with van der Waals surface area (Å²) in [6.07, 6.45) is -0.279. The van der Waals surface area contributed by atoms with Crippen molar-refractivity contribution in [2.45, 2.75) is 12.5 Å². The number of rotatable bonds is 11. The maximum Gasteiger partial charge on any atom is 0.305 e. The first-order valence-electron chi connectivity index (χ1n) is 14.6. The Kier molecular flexibility index (Phi) is 10.2. The van der Waals surface area contributed by atoms with Gasteiger partial charge >= 0.3 is 5.97 Å². The molecule has 0 spiro atoms. The molecule has 12 heteroatoms. The molecule has 4 aromatic rings. The van der Waals surface area contributed by atoms with Gasteiger partial charge in [0.05, 0.1) is 38.1 Å². The largest absolute Gasteiger partial charge is 0.493 e. The molecule has 0 radical (unpaired) electrons. The Bertz CT molecular complexity index is 1700. The molecule has 1 aromatic heterocycles. The van der Waals surface area contributed by atoms with Gasteiger partial charge in [0.25, 0.3) is 17.7 Å². The standard InChI is InChI=1S/C34H34N4O7S/c1-44-28-13-11-24(20-29(28)45-2)33(42)35-25-19-23(32(41)36-26(21-31(39)40)30-9-6-18-46-30)10-12-27(25)37-14-16-38(17-15-37)34(43)22-7-4-3-5-8-22/h3-13,18-20,26H,14-17,21H2,1-2H3,(H,35,42)(H,36,41)(H,39,40). The minimum absolute atomic E-state index is 0.0455. The van der Waals surface area contributed by atoms with Crippen LogP contribution in [0.25, 0.3) is 0 Å². The Morgan fingerprint density at radius 1 is 0.804 bits per heavy atom. The minimum atomic E-state index is -1.04. The molecule has 238 valence electrons. The quantitative estimate of drug-likeness (QED) is 0.210. The van der Waals surface area contributed by atoms with E-state index in [0.29, 0.717) is 60.2 Å². The van der Waals surface area contributed by atoms with Gasteiger partial charge in [-0.15, -0.1) is 11.3 Å². The molecular weight excluding hydrogens is 608 g/mol. The van der Waals surface area contributed by atoms with Crippen molar-refractivity contribution in [3.8, 4) is 11.5 Å². The molecule has 1 aliphatic rings. The van der Waals surface area contributed by atoms with Crippen LogP contribution in [0.4, 0.5) is 11.4 Å². The Balaban J connectivity index is 1.41. The predicted molar refractivity (Wildman–Crippen MR) is 175 cm³/mol. The van der Waals surface area contributed by atoms with Gasteiger partial charge < -0.3 is 35.0 Å². The Labute approximate surface area is 270 Å². The number of carboxylic acid groups (broad SMARTS) is 1. The number of nitrogens with one attached hydrogen (secondary N) is 2. The number of carbonyl (C=O) groups excluding carboxylic acids is 3. The second-order valence-electron chi connectivity index (χ2n) is 10.5. The monoisotopic (exact) mass is 642 g/mol. The zero-order valence-corrected chi connectivity index (χ0v) is 26.2. The number of anilines is 2. The van der Waals surface area contributed by atoms with Crippen LogP contribution in [0.15, 0.2) is 84.2 Å². The molecule has 1 aliphatic heterocycles. The smallest absolute Gasteiger partial charge is 0.305 e. The molecule has 46 heavy (non-hydrogen) atoms.